The highest BCUT2D eigenvalue weighted by Gasteiger charge is 2.26. The summed E-state index contributed by atoms with van der Waals surface area (Å²) in [6.07, 6.45) is 4.71. The van der Waals surface area contributed by atoms with E-state index in [0.717, 1.165) is 19.3 Å². The first-order chi connectivity index (χ1) is 12.6. The summed E-state index contributed by atoms with van der Waals surface area (Å²) in [5.41, 5.74) is 2.82. The van der Waals surface area contributed by atoms with Gasteiger partial charge in [-0.1, -0.05) is 24.3 Å². The Balaban J connectivity index is 1.59. The molecule has 6 heteroatoms. The zero-order valence-corrected chi connectivity index (χ0v) is 15.1. The molecule has 0 fully saturated rings. The molecular weight excluding hydrogens is 333 g/mol. The Bertz CT molecular complexity index is 781. The van der Waals surface area contributed by atoms with Crippen molar-refractivity contribution in [2.75, 3.05) is 7.11 Å². The summed E-state index contributed by atoms with van der Waals surface area (Å²) in [7, 11) is 1.39. The number of hydrogen-bond acceptors (Lipinski definition) is 3. The second-order valence-electron chi connectivity index (χ2n) is 6.59. The fourth-order valence-corrected chi connectivity index (χ4v) is 3.58. The van der Waals surface area contributed by atoms with Gasteiger partial charge in [0.25, 0.3) is 0 Å². The molecule has 0 saturated heterocycles. The number of hydrogen-bond donors (Lipinski definition) is 2. The van der Waals surface area contributed by atoms with Crippen LogP contribution in [0.25, 0.3) is 0 Å². The number of nitrogens with zero attached hydrogens (tertiary/aromatic N) is 1. The molecule has 1 heterocycles. The van der Waals surface area contributed by atoms with Crippen molar-refractivity contribution >= 4 is 6.03 Å². The van der Waals surface area contributed by atoms with Crippen molar-refractivity contribution in [2.24, 2.45) is 0 Å². The number of urea groups is 1. The van der Waals surface area contributed by atoms with Crippen LogP contribution >= 0.6 is 0 Å². The number of carbonyl (C=O) groups is 1. The van der Waals surface area contributed by atoms with Gasteiger partial charge in [0.1, 0.15) is 0 Å². The molecule has 26 heavy (non-hydrogen) atoms. The minimum absolute atomic E-state index is 0.00282. The Morgan fingerprint density at radius 3 is 3.00 bits per heavy atom. The molecule has 138 valence electrons. The molecule has 0 spiro atoms. The van der Waals surface area contributed by atoms with E-state index in [-0.39, 0.29) is 36.0 Å². The van der Waals surface area contributed by atoms with Gasteiger partial charge in [-0.25, -0.2) is 9.18 Å². The van der Waals surface area contributed by atoms with Crippen molar-refractivity contribution in [1.29, 1.82) is 0 Å². The minimum Gasteiger partial charge on any atom is -0.494 e. The van der Waals surface area contributed by atoms with E-state index in [1.807, 2.05) is 13.0 Å². The Morgan fingerprint density at radius 1 is 1.38 bits per heavy atom. The Hall–Kier alpha value is -2.63. The van der Waals surface area contributed by atoms with Gasteiger partial charge in [-0.3, -0.25) is 4.98 Å². The molecule has 0 aliphatic heterocycles. The second kappa shape index (κ2) is 8.17. The summed E-state index contributed by atoms with van der Waals surface area (Å²) in [4.78, 5) is 16.2. The molecule has 0 bridgehead atoms. The summed E-state index contributed by atoms with van der Waals surface area (Å²) in [6, 6.07) is 9.50. The number of amides is 2. The molecule has 1 aliphatic carbocycles. The highest BCUT2D eigenvalue weighted by Crippen LogP contribution is 2.33. The third-order valence-corrected chi connectivity index (χ3v) is 4.94. The summed E-state index contributed by atoms with van der Waals surface area (Å²) in [5.74, 6) is -0.147. The maximum atomic E-state index is 14.1. The predicted molar refractivity (Wildman–Crippen MR) is 97.7 cm³/mol. The lowest BCUT2D eigenvalue weighted by molar-refractivity contribution is 0.234. The van der Waals surface area contributed by atoms with E-state index in [9.17, 15) is 9.18 Å². The molecule has 2 amide bonds. The number of aryl methyl sites for hydroxylation is 1. The van der Waals surface area contributed by atoms with Gasteiger partial charge in [0.05, 0.1) is 19.3 Å². The Kier molecular flexibility index (Phi) is 5.71. The number of halogens is 1. The number of methoxy groups -OCH3 is 1. The molecule has 1 unspecified atom stereocenters. The molecule has 1 aliphatic rings. The highest BCUT2D eigenvalue weighted by atomic mass is 19.1. The van der Waals surface area contributed by atoms with Crippen LogP contribution < -0.4 is 15.4 Å². The fraction of sp³-hybridized carbons (Fsp3) is 0.400. The summed E-state index contributed by atoms with van der Waals surface area (Å²) >= 11 is 0. The monoisotopic (exact) mass is 357 g/mol. The van der Waals surface area contributed by atoms with E-state index in [2.05, 4.69) is 33.8 Å². The van der Waals surface area contributed by atoms with Gasteiger partial charge in [0, 0.05) is 24.2 Å². The molecule has 2 aromatic rings. The molecule has 3 rings (SSSR count). The van der Waals surface area contributed by atoms with Crippen molar-refractivity contribution in [2.45, 2.75) is 44.7 Å². The molecular formula is C20H24FN3O2. The SMILES string of the molecule is COc1ccnc(CNC(=O)N[C@H](C)C2CCCc3ccccc32)c1F. The quantitative estimate of drug-likeness (QED) is 0.860. The number of carbonyl (C=O) groups excluding carboxylic acids is 1. The second-order valence-corrected chi connectivity index (χ2v) is 6.59. The van der Waals surface area contributed by atoms with Crippen LogP contribution in [-0.2, 0) is 13.0 Å². The molecule has 2 N–H and O–H groups in total. The summed E-state index contributed by atoms with van der Waals surface area (Å²) in [5, 5.41) is 5.65. The first kappa shape index (κ1) is 18.2. The number of ether oxygens (including phenoxy) is 1. The molecule has 1 aromatic carbocycles. The highest BCUT2D eigenvalue weighted by molar-refractivity contribution is 5.74. The van der Waals surface area contributed by atoms with E-state index in [0.29, 0.717) is 0 Å². The normalized spacial score (nSPS) is 17.1. The van der Waals surface area contributed by atoms with Gasteiger partial charge < -0.3 is 15.4 Å². The number of rotatable bonds is 5. The van der Waals surface area contributed by atoms with Gasteiger partial charge >= 0.3 is 6.03 Å². The van der Waals surface area contributed by atoms with E-state index in [1.165, 1.54) is 30.5 Å². The molecule has 1 aromatic heterocycles. The number of nitrogens with one attached hydrogen (secondary N) is 2. The minimum atomic E-state index is -0.551. The number of pyridine rings is 1. The Morgan fingerprint density at radius 2 is 2.19 bits per heavy atom. The molecule has 0 saturated carbocycles. The van der Waals surface area contributed by atoms with Gasteiger partial charge in [-0.2, -0.15) is 0 Å². The van der Waals surface area contributed by atoms with Crippen LogP contribution in [0.4, 0.5) is 9.18 Å². The van der Waals surface area contributed by atoms with Crippen LogP contribution in [0.1, 0.15) is 42.5 Å². The number of fused-ring (bicyclic) bond motifs is 1. The Labute approximate surface area is 153 Å². The summed E-state index contributed by atoms with van der Waals surface area (Å²) in [6.45, 7) is 2.01. The lowest BCUT2D eigenvalue weighted by Crippen LogP contribution is -2.43. The fourth-order valence-electron chi connectivity index (χ4n) is 3.58. The molecule has 5 nitrogen and oxygen atoms in total. The van der Waals surface area contributed by atoms with Gasteiger partial charge in [-0.05, 0) is 37.3 Å². The van der Waals surface area contributed by atoms with E-state index < -0.39 is 5.82 Å². The van der Waals surface area contributed by atoms with Crippen molar-refractivity contribution < 1.29 is 13.9 Å². The average molecular weight is 357 g/mol. The van der Waals surface area contributed by atoms with Crippen LogP contribution in [-0.4, -0.2) is 24.2 Å². The third kappa shape index (κ3) is 3.95. The van der Waals surface area contributed by atoms with E-state index >= 15 is 0 Å². The lowest BCUT2D eigenvalue weighted by Gasteiger charge is -2.30. The lowest BCUT2D eigenvalue weighted by atomic mass is 9.79. The van der Waals surface area contributed by atoms with Crippen LogP contribution in [0.2, 0.25) is 0 Å². The summed E-state index contributed by atoms with van der Waals surface area (Å²) < 4.78 is 19.0. The van der Waals surface area contributed by atoms with Crippen LogP contribution in [0.15, 0.2) is 36.5 Å². The first-order valence-corrected chi connectivity index (χ1v) is 8.89. The van der Waals surface area contributed by atoms with Crippen molar-refractivity contribution in [1.82, 2.24) is 15.6 Å². The maximum absolute atomic E-state index is 14.1. The van der Waals surface area contributed by atoms with Crippen LogP contribution in [0, 0.1) is 5.82 Å². The molecule has 0 radical (unpaired) electrons. The predicted octanol–water partition coefficient (Wildman–Crippen LogP) is 3.54. The largest absolute Gasteiger partial charge is 0.494 e. The van der Waals surface area contributed by atoms with Gasteiger partial charge in [0.15, 0.2) is 11.6 Å². The first-order valence-electron chi connectivity index (χ1n) is 8.89. The topological polar surface area (TPSA) is 63.2 Å². The average Bonchev–Trinajstić information content (AvgIpc) is 2.66. The van der Waals surface area contributed by atoms with Crippen molar-refractivity contribution in [3.05, 3.63) is 59.2 Å². The molecule has 2 atom stereocenters. The zero-order valence-electron chi connectivity index (χ0n) is 15.1. The smallest absolute Gasteiger partial charge is 0.315 e. The van der Waals surface area contributed by atoms with Crippen molar-refractivity contribution in [3.63, 3.8) is 0 Å². The van der Waals surface area contributed by atoms with Crippen LogP contribution in [0.5, 0.6) is 5.75 Å². The van der Waals surface area contributed by atoms with E-state index in [1.54, 1.807) is 0 Å². The van der Waals surface area contributed by atoms with E-state index in [4.69, 9.17) is 4.74 Å². The van der Waals surface area contributed by atoms with Crippen LogP contribution in [0.3, 0.4) is 0 Å². The van der Waals surface area contributed by atoms with Crippen molar-refractivity contribution in [3.8, 4) is 5.75 Å². The zero-order chi connectivity index (χ0) is 18.5. The van der Waals surface area contributed by atoms with Gasteiger partial charge in [0.2, 0.25) is 0 Å². The third-order valence-electron chi connectivity index (χ3n) is 4.94. The van der Waals surface area contributed by atoms with Gasteiger partial charge in [-0.15, -0.1) is 0 Å². The standard InChI is InChI=1S/C20H24FN3O2/c1-13(15-9-5-7-14-6-3-4-8-16(14)15)24-20(25)23-12-17-19(21)18(26-2)10-11-22-17/h3-4,6,8,10-11,13,15H,5,7,9,12H2,1-2H3,(H2,23,24,25)/t13-,15?/m1/s1. The number of aromatic nitrogens is 1. The maximum Gasteiger partial charge on any atom is 0.315 e. The number of benzene rings is 1.